The molecule has 5 rings (SSSR count). The SMILES string of the molecule is COc1cc(CN2CCN(C(=O)C3=Cc4ccc(OCc5ccccc5)cc4CC3)CC2)cc(OC)c1OC. The molecule has 1 fully saturated rings. The van der Waals surface area contributed by atoms with Crippen molar-refractivity contribution >= 4 is 12.0 Å². The molecule has 39 heavy (non-hydrogen) atoms. The summed E-state index contributed by atoms with van der Waals surface area (Å²) in [6.07, 6.45) is 3.65. The Morgan fingerprint density at radius 2 is 1.51 bits per heavy atom. The van der Waals surface area contributed by atoms with Crippen molar-refractivity contribution in [3.8, 4) is 23.0 Å². The Balaban J connectivity index is 1.17. The van der Waals surface area contributed by atoms with Crippen molar-refractivity contribution < 1.29 is 23.7 Å². The highest BCUT2D eigenvalue weighted by molar-refractivity contribution is 5.98. The predicted octanol–water partition coefficient (Wildman–Crippen LogP) is 4.97. The first-order valence-corrected chi connectivity index (χ1v) is 13.4. The topological polar surface area (TPSA) is 60.5 Å². The maximum absolute atomic E-state index is 13.4. The number of hydrogen-bond acceptors (Lipinski definition) is 6. The van der Waals surface area contributed by atoms with Crippen molar-refractivity contribution in [3.05, 3.63) is 88.5 Å². The predicted molar refractivity (Wildman–Crippen MR) is 151 cm³/mol. The molecule has 1 aliphatic heterocycles. The molecule has 204 valence electrons. The molecule has 3 aromatic carbocycles. The highest BCUT2D eigenvalue weighted by Gasteiger charge is 2.26. The lowest BCUT2D eigenvalue weighted by Crippen LogP contribution is -2.48. The number of piperazine rings is 1. The van der Waals surface area contributed by atoms with Gasteiger partial charge in [0.1, 0.15) is 12.4 Å². The van der Waals surface area contributed by atoms with Crippen LogP contribution in [-0.4, -0.2) is 63.2 Å². The molecule has 7 nitrogen and oxygen atoms in total. The van der Waals surface area contributed by atoms with Crippen LogP contribution in [0, 0.1) is 0 Å². The maximum Gasteiger partial charge on any atom is 0.249 e. The lowest BCUT2D eigenvalue weighted by atomic mass is 9.91. The smallest absolute Gasteiger partial charge is 0.249 e. The minimum absolute atomic E-state index is 0.150. The molecule has 7 heteroatoms. The fraction of sp³-hybridized carbons (Fsp3) is 0.344. The Labute approximate surface area is 230 Å². The van der Waals surface area contributed by atoms with Gasteiger partial charge in [0.05, 0.1) is 21.3 Å². The van der Waals surface area contributed by atoms with Crippen LogP contribution in [0.3, 0.4) is 0 Å². The summed E-state index contributed by atoms with van der Waals surface area (Å²) in [7, 11) is 4.86. The van der Waals surface area contributed by atoms with E-state index in [4.69, 9.17) is 18.9 Å². The number of methoxy groups -OCH3 is 3. The quantitative estimate of drug-likeness (QED) is 0.391. The van der Waals surface area contributed by atoms with Crippen LogP contribution in [0.2, 0.25) is 0 Å². The number of hydrogen-bond donors (Lipinski definition) is 0. The average Bonchev–Trinajstić information content (AvgIpc) is 2.99. The number of rotatable bonds is 9. The molecule has 0 spiro atoms. The highest BCUT2D eigenvalue weighted by atomic mass is 16.5. The monoisotopic (exact) mass is 528 g/mol. The molecule has 0 saturated carbocycles. The van der Waals surface area contributed by atoms with Crippen LogP contribution >= 0.6 is 0 Å². The lowest BCUT2D eigenvalue weighted by molar-refractivity contribution is -0.129. The van der Waals surface area contributed by atoms with Gasteiger partial charge >= 0.3 is 0 Å². The van der Waals surface area contributed by atoms with Crippen LogP contribution < -0.4 is 18.9 Å². The number of ether oxygens (including phenoxy) is 4. The summed E-state index contributed by atoms with van der Waals surface area (Å²) < 4.78 is 22.4. The number of carbonyl (C=O) groups is 1. The van der Waals surface area contributed by atoms with Crippen molar-refractivity contribution in [3.63, 3.8) is 0 Å². The molecule has 2 aliphatic rings. The van der Waals surface area contributed by atoms with Crippen molar-refractivity contribution in [1.82, 2.24) is 9.80 Å². The van der Waals surface area contributed by atoms with E-state index in [-0.39, 0.29) is 5.91 Å². The fourth-order valence-electron chi connectivity index (χ4n) is 5.27. The minimum atomic E-state index is 0.150. The largest absolute Gasteiger partial charge is 0.493 e. The van der Waals surface area contributed by atoms with E-state index in [0.717, 1.165) is 60.5 Å². The van der Waals surface area contributed by atoms with Gasteiger partial charge in [0.25, 0.3) is 0 Å². The van der Waals surface area contributed by atoms with E-state index in [1.165, 1.54) is 5.56 Å². The molecule has 1 saturated heterocycles. The first-order valence-electron chi connectivity index (χ1n) is 13.4. The Kier molecular flexibility index (Phi) is 8.37. The third kappa shape index (κ3) is 6.20. The van der Waals surface area contributed by atoms with Crippen LogP contribution in [0.25, 0.3) is 6.08 Å². The first-order chi connectivity index (χ1) is 19.1. The van der Waals surface area contributed by atoms with Gasteiger partial charge in [-0.3, -0.25) is 9.69 Å². The van der Waals surface area contributed by atoms with Crippen molar-refractivity contribution in [2.75, 3.05) is 47.5 Å². The van der Waals surface area contributed by atoms with E-state index >= 15 is 0 Å². The molecule has 0 aromatic heterocycles. The second-order valence-corrected chi connectivity index (χ2v) is 9.91. The van der Waals surface area contributed by atoms with Crippen LogP contribution in [0.4, 0.5) is 0 Å². The van der Waals surface area contributed by atoms with Crippen molar-refractivity contribution in [2.24, 2.45) is 0 Å². The van der Waals surface area contributed by atoms with E-state index in [1.54, 1.807) is 21.3 Å². The number of amides is 1. The summed E-state index contributed by atoms with van der Waals surface area (Å²) in [4.78, 5) is 17.7. The number of aryl methyl sites for hydroxylation is 1. The van der Waals surface area contributed by atoms with Gasteiger partial charge in [0, 0.05) is 38.3 Å². The number of carbonyl (C=O) groups excluding carboxylic acids is 1. The van der Waals surface area contributed by atoms with Gasteiger partial charge in [-0.05, 0) is 65.4 Å². The third-order valence-electron chi connectivity index (χ3n) is 7.42. The summed E-state index contributed by atoms with van der Waals surface area (Å²) >= 11 is 0. The zero-order chi connectivity index (χ0) is 27.2. The highest BCUT2D eigenvalue weighted by Crippen LogP contribution is 2.38. The molecule has 0 bridgehead atoms. The molecular formula is C32H36N2O5. The van der Waals surface area contributed by atoms with Gasteiger partial charge in [-0.1, -0.05) is 36.4 Å². The van der Waals surface area contributed by atoms with Crippen molar-refractivity contribution in [2.45, 2.75) is 26.0 Å². The van der Waals surface area contributed by atoms with Crippen LogP contribution in [-0.2, 0) is 24.4 Å². The standard InChI is InChI=1S/C32H36N2O5/c1-36-29-17-24(18-30(37-2)31(29)38-3)21-33-13-15-34(16-14-33)32(35)27-10-9-26-20-28(12-11-25(26)19-27)39-22-23-7-5-4-6-8-23/h4-8,11-12,17-20H,9-10,13-16,21-22H2,1-3H3. The molecule has 1 aliphatic carbocycles. The van der Waals surface area contributed by atoms with E-state index in [2.05, 4.69) is 35.2 Å². The van der Waals surface area contributed by atoms with Crippen molar-refractivity contribution in [1.29, 1.82) is 0 Å². The van der Waals surface area contributed by atoms with E-state index in [9.17, 15) is 4.79 Å². The Bertz CT molecular complexity index is 1300. The number of fused-ring (bicyclic) bond motifs is 1. The second-order valence-electron chi connectivity index (χ2n) is 9.91. The van der Waals surface area contributed by atoms with Gasteiger partial charge in [-0.25, -0.2) is 0 Å². The first kappa shape index (κ1) is 26.6. The lowest BCUT2D eigenvalue weighted by Gasteiger charge is -2.35. The summed E-state index contributed by atoms with van der Waals surface area (Å²) in [5, 5.41) is 0. The molecule has 0 N–H and O–H groups in total. The van der Waals surface area contributed by atoms with Gasteiger partial charge in [-0.2, -0.15) is 0 Å². The molecular weight excluding hydrogens is 492 g/mol. The fourth-order valence-corrected chi connectivity index (χ4v) is 5.27. The molecule has 3 aromatic rings. The molecule has 0 radical (unpaired) electrons. The Morgan fingerprint density at radius 3 is 2.18 bits per heavy atom. The van der Waals surface area contributed by atoms with E-state index < -0.39 is 0 Å². The molecule has 0 atom stereocenters. The summed E-state index contributed by atoms with van der Waals surface area (Å²) in [5.41, 5.74) is 5.46. The maximum atomic E-state index is 13.4. The second kappa shape index (κ2) is 12.3. The third-order valence-corrected chi connectivity index (χ3v) is 7.42. The Hall–Kier alpha value is -3.97. The van der Waals surface area contributed by atoms with Gasteiger partial charge in [-0.15, -0.1) is 0 Å². The molecule has 1 heterocycles. The van der Waals surface area contributed by atoms with E-state index in [0.29, 0.717) is 36.9 Å². The summed E-state index contributed by atoms with van der Waals surface area (Å²) in [6.45, 7) is 4.34. The normalized spacial score (nSPS) is 15.3. The Morgan fingerprint density at radius 1 is 0.795 bits per heavy atom. The summed E-state index contributed by atoms with van der Waals surface area (Å²) in [6, 6.07) is 20.3. The average molecular weight is 529 g/mol. The van der Waals surface area contributed by atoms with Crippen LogP contribution in [0.5, 0.6) is 23.0 Å². The summed E-state index contributed by atoms with van der Waals surface area (Å²) in [5.74, 6) is 2.92. The van der Waals surface area contributed by atoms with Gasteiger partial charge in [0.15, 0.2) is 11.5 Å². The van der Waals surface area contributed by atoms with Gasteiger partial charge < -0.3 is 23.8 Å². The van der Waals surface area contributed by atoms with E-state index in [1.807, 2.05) is 41.3 Å². The molecule has 1 amide bonds. The minimum Gasteiger partial charge on any atom is -0.493 e. The zero-order valence-electron chi connectivity index (χ0n) is 22.9. The van der Waals surface area contributed by atoms with Crippen LogP contribution in [0.15, 0.2) is 66.2 Å². The zero-order valence-corrected chi connectivity index (χ0v) is 22.9. The number of benzene rings is 3. The van der Waals surface area contributed by atoms with Crippen LogP contribution in [0.1, 0.15) is 28.7 Å². The number of nitrogens with zero attached hydrogens (tertiary/aromatic N) is 2. The van der Waals surface area contributed by atoms with Gasteiger partial charge in [0.2, 0.25) is 11.7 Å². The molecule has 0 unspecified atom stereocenters.